The molecular formula is C20H22N6O. The highest BCUT2D eigenvalue weighted by Gasteiger charge is 2.37. The molecule has 7 heteroatoms. The van der Waals surface area contributed by atoms with Crippen LogP contribution in [0.3, 0.4) is 0 Å². The molecule has 1 amide bonds. The van der Waals surface area contributed by atoms with Gasteiger partial charge in [-0.15, -0.1) is 0 Å². The summed E-state index contributed by atoms with van der Waals surface area (Å²) in [5, 5.41) is 10.9. The predicted octanol–water partition coefficient (Wildman–Crippen LogP) is 2.90. The molecule has 1 atom stereocenters. The first-order chi connectivity index (χ1) is 13.0. The molecule has 7 nitrogen and oxygen atoms in total. The Morgan fingerprint density at radius 2 is 2.15 bits per heavy atom. The summed E-state index contributed by atoms with van der Waals surface area (Å²) < 4.78 is 1.89. The summed E-state index contributed by atoms with van der Waals surface area (Å²) >= 11 is 0. The molecule has 3 aromatic heterocycles. The van der Waals surface area contributed by atoms with Crippen molar-refractivity contribution in [1.29, 1.82) is 0 Å². The molecular weight excluding hydrogens is 340 g/mol. The molecule has 138 valence electrons. The Bertz CT molecular complexity index is 936. The zero-order valence-corrected chi connectivity index (χ0v) is 15.4. The van der Waals surface area contributed by atoms with Crippen molar-refractivity contribution in [3.8, 4) is 0 Å². The number of carbonyl (C=O) groups excluding carboxylic acids is 1. The van der Waals surface area contributed by atoms with E-state index in [-0.39, 0.29) is 17.5 Å². The van der Waals surface area contributed by atoms with Gasteiger partial charge in [-0.25, -0.2) is 4.68 Å². The van der Waals surface area contributed by atoms with Gasteiger partial charge in [-0.2, -0.15) is 5.10 Å². The maximum atomic E-state index is 12.8. The molecule has 0 aromatic carbocycles. The fourth-order valence-electron chi connectivity index (χ4n) is 3.46. The average Bonchev–Trinajstić information content (AvgIpc) is 3.12. The predicted molar refractivity (Wildman–Crippen MR) is 102 cm³/mol. The third kappa shape index (κ3) is 3.40. The van der Waals surface area contributed by atoms with Crippen LogP contribution in [0.25, 0.3) is 0 Å². The van der Waals surface area contributed by atoms with Crippen LogP contribution in [0.1, 0.15) is 47.9 Å². The summed E-state index contributed by atoms with van der Waals surface area (Å²) in [5.41, 5.74) is 2.21. The van der Waals surface area contributed by atoms with Gasteiger partial charge >= 0.3 is 0 Å². The van der Waals surface area contributed by atoms with Crippen molar-refractivity contribution >= 4 is 11.7 Å². The molecule has 1 aliphatic rings. The number of anilines is 1. The molecule has 1 unspecified atom stereocenters. The summed E-state index contributed by atoms with van der Waals surface area (Å²) in [7, 11) is 0. The minimum Gasteiger partial charge on any atom is -0.361 e. The molecule has 0 spiro atoms. The highest BCUT2D eigenvalue weighted by atomic mass is 16.1. The zero-order valence-electron chi connectivity index (χ0n) is 15.4. The topological polar surface area (TPSA) is 84.7 Å². The molecule has 0 radical (unpaired) electrons. The Hall–Kier alpha value is -3.22. The third-order valence-electron chi connectivity index (χ3n) is 4.82. The van der Waals surface area contributed by atoms with Crippen molar-refractivity contribution in [2.45, 2.75) is 38.4 Å². The van der Waals surface area contributed by atoms with Crippen LogP contribution in [0.15, 0.2) is 55.1 Å². The molecule has 0 aliphatic carbocycles. The first-order valence-electron chi connectivity index (χ1n) is 8.98. The fraction of sp³-hybridized carbons (Fsp3) is 0.300. The van der Waals surface area contributed by atoms with E-state index in [1.54, 1.807) is 24.8 Å². The number of carbonyl (C=O) groups is 1. The molecule has 0 saturated heterocycles. The molecule has 3 aromatic rings. The summed E-state index contributed by atoms with van der Waals surface area (Å²) in [6.07, 6.45) is 7.70. The summed E-state index contributed by atoms with van der Waals surface area (Å²) in [6, 6.07) is 9.69. The highest BCUT2D eigenvalue weighted by Crippen LogP contribution is 2.39. The Morgan fingerprint density at radius 1 is 1.26 bits per heavy atom. The van der Waals surface area contributed by atoms with Crippen molar-refractivity contribution in [2.24, 2.45) is 0 Å². The minimum absolute atomic E-state index is 0.0234. The molecule has 27 heavy (non-hydrogen) atoms. The smallest absolute Gasteiger partial charge is 0.256 e. The highest BCUT2D eigenvalue weighted by molar-refractivity contribution is 5.98. The second kappa shape index (κ2) is 6.83. The summed E-state index contributed by atoms with van der Waals surface area (Å²) in [6.45, 7) is 4.67. The minimum atomic E-state index is -0.231. The van der Waals surface area contributed by atoms with E-state index >= 15 is 0 Å². The van der Waals surface area contributed by atoms with E-state index in [0.29, 0.717) is 12.1 Å². The number of fused-ring (bicyclic) bond motifs is 1. The van der Waals surface area contributed by atoms with E-state index in [4.69, 9.17) is 0 Å². The quantitative estimate of drug-likeness (QED) is 0.745. The number of hydrogen-bond donors (Lipinski definition) is 2. The first-order valence-corrected chi connectivity index (χ1v) is 8.98. The number of aromatic nitrogens is 4. The molecule has 2 N–H and O–H groups in total. The van der Waals surface area contributed by atoms with Gasteiger partial charge in [-0.3, -0.25) is 14.8 Å². The lowest BCUT2D eigenvalue weighted by molar-refractivity contribution is 0.0951. The molecule has 0 bridgehead atoms. The normalized spacial score (nSPS) is 17.6. The van der Waals surface area contributed by atoms with Gasteiger partial charge in [0.1, 0.15) is 11.4 Å². The lowest BCUT2D eigenvalue weighted by Gasteiger charge is -2.37. The van der Waals surface area contributed by atoms with Gasteiger partial charge in [-0.1, -0.05) is 12.1 Å². The van der Waals surface area contributed by atoms with Crippen LogP contribution >= 0.6 is 0 Å². The van der Waals surface area contributed by atoms with E-state index < -0.39 is 0 Å². The maximum absolute atomic E-state index is 12.8. The summed E-state index contributed by atoms with van der Waals surface area (Å²) in [4.78, 5) is 21.3. The van der Waals surface area contributed by atoms with E-state index in [1.807, 2.05) is 35.0 Å². The molecule has 0 saturated carbocycles. The Morgan fingerprint density at radius 3 is 2.89 bits per heavy atom. The van der Waals surface area contributed by atoms with Gasteiger partial charge in [-0.05, 0) is 44.0 Å². The third-order valence-corrected chi connectivity index (χ3v) is 4.82. The number of nitrogens with zero attached hydrogens (tertiary/aromatic N) is 4. The van der Waals surface area contributed by atoms with Gasteiger partial charge in [0.05, 0.1) is 23.5 Å². The van der Waals surface area contributed by atoms with Crippen molar-refractivity contribution in [1.82, 2.24) is 25.1 Å². The van der Waals surface area contributed by atoms with Crippen LogP contribution in [0, 0.1) is 0 Å². The van der Waals surface area contributed by atoms with E-state index in [2.05, 4.69) is 39.5 Å². The van der Waals surface area contributed by atoms with E-state index in [0.717, 1.165) is 23.5 Å². The second-order valence-electron chi connectivity index (χ2n) is 7.33. The Balaban J connectivity index is 1.58. The monoisotopic (exact) mass is 362 g/mol. The SMILES string of the molecule is CC1(C)CC(c2ccccn2)Nc2c(C(=O)NCc3cccnc3)cnn21. The van der Waals surface area contributed by atoms with E-state index in [9.17, 15) is 4.79 Å². The van der Waals surface area contributed by atoms with Crippen LogP contribution in [0.2, 0.25) is 0 Å². The Labute approximate surface area is 157 Å². The van der Waals surface area contributed by atoms with Crippen molar-refractivity contribution in [3.63, 3.8) is 0 Å². The van der Waals surface area contributed by atoms with E-state index in [1.165, 1.54) is 0 Å². The van der Waals surface area contributed by atoms with Crippen molar-refractivity contribution in [3.05, 3.63) is 71.9 Å². The van der Waals surface area contributed by atoms with Crippen LogP contribution in [-0.2, 0) is 12.1 Å². The second-order valence-corrected chi connectivity index (χ2v) is 7.33. The number of hydrogen-bond acceptors (Lipinski definition) is 5. The molecule has 4 heterocycles. The van der Waals surface area contributed by atoms with Gasteiger partial charge in [0.15, 0.2) is 0 Å². The van der Waals surface area contributed by atoms with Gasteiger partial charge in [0.2, 0.25) is 0 Å². The van der Waals surface area contributed by atoms with Gasteiger partial charge < -0.3 is 10.6 Å². The Kier molecular flexibility index (Phi) is 4.35. The van der Waals surface area contributed by atoms with Crippen LogP contribution in [0.5, 0.6) is 0 Å². The number of pyridine rings is 2. The number of nitrogens with one attached hydrogen (secondary N) is 2. The lowest BCUT2D eigenvalue weighted by Crippen LogP contribution is -2.38. The standard InChI is InChI=1S/C20H22N6O/c1-20(2)10-17(16-7-3-4-9-22-16)25-18-15(13-24-26(18)20)19(27)23-12-14-6-5-8-21-11-14/h3-9,11,13,17,25H,10,12H2,1-2H3,(H,23,27). The first kappa shape index (κ1) is 17.2. The van der Waals surface area contributed by atoms with Crippen molar-refractivity contribution in [2.75, 3.05) is 5.32 Å². The largest absolute Gasteiger partial charge is 0.361 e. The average molecular weight is 362 g/mol. The molecule has 4 rings (SSSR count). The van der Waals surface area contributed by atoms with Crippen LogP contribution in [0.4, 0.5) is 5.82 Å². The van der Waals surface area contributed by atoms with Crippen LogP contribution < -0.4 is 10.6 Å². The van der Waals surface area contributed by atoms with Crippen molar-refractivity contribution < 1.29 is 4.79 Å². The summed E-state index contributed by atoms with van der Waals surface area (Å²) in [5.74, 6) is 0.565. The number of amides is 1. The lowest BCUT2D eigenvalue weighted by atomic mass is 9.91. The number of rotatable bonds is 4. The van der Waals surface area contributed by atoms with Gasteiger partial charge in [0, 0.05) is 25.1 Å². The van der Waals surface area contributed by atoms with Gasteiger partial charge in [0.25, 0.3) is 5.91 Å². The molecule has 0 fully saturated rings. The fourth-order valence-corrected chi connectivity index (χ4v) is 3.46. The maximum Gasteiger partial charge on any atom is 0.256 e. The zero-order chi connectivity index (χ0) is 18.9. The molecule has 1 aliphatic heterocycles. The van der Waals surface area contributed by atoms with Crippen LogP contribution in [-0.4, -0.2) is 25.7 Å².